The fourth-order valence-corrected chi connectivity index (χ4v) is 2.67. The highest BCUT2D eigenvalue weighted by molar-refractivity contribution is 5.55. The summed E-state index contributed by atoms with van der Waals surface area (Å²) in [6.45, 7) is 2.30. The molecule has 3 saturated carbocycles. The Hall–Kier alpha value is -0.330. The van der Waals surface area contributed by atoms with Crippen LogP contribution in [0.2, 0.25) is 0 Å². The van der Waals surface area contributed by atoms with Gasteiger partial charge in [-0.2, -0.15) is 0 Å². The van der Waals surface area contributed by atoms with Crippen molar-refractivity contribution in [3.8, 4) is 0 Å². The highest BCUT2D eigenvalue weighted by Crippen LogP contribution is 2.52. The largest absolute Gasteiger partial charge is 0.303 e. The van der Waals surface area contributed by atoms with E-state index >= 15 is 0 Å². The molecule has 1 nitrogen and oxygen atoms in total. The van der Waals surface area contributed by atoms with Crippen molar-refractivity contribution in [3.63, 3.8) is 0 Å². The molecule has 0 radical (unpaired) electrons. The van der Waals surface area contributed by atoms with Crippen molar-refractivity contribution >= 4 is 6.29 Å². The first-order chi connectivity index (χ1) is 4.83. The zero-order valence-electron chi connectivity index (χ0n) is 6.42. The third kappa shape index (κ3) is 0.664. The molecule has 2 bridgehead atoms. The predicted molar refractivity (Wildman–Crippen MR) is 39.5 cm³/mol. The van der Waals surface area contributed by atoms with Gasteiger partial charge in [-0.3, -0.25) is 0 Å². The van der Waals surface area contributed by atoms with Crippen molar-refractivity contribution in [2.24, 2.45) is 23.7 Å². The predicted octanol–water partition coefficient (Wildman–Crippen LogP) is 1.87. The van der Waals surface area contributed by atoms with Crippen molar-refractivity contribution in [2.75, 3.05) is 0 Å². The summed E-state index contributed by atoms with van der Waals surface area (Å²) in [5, 5.41) is 0. The summed E-state index contributed by atoms with van der Waals surface area (Å²) in [4.78, 5) is 10.5. The average Bonchev–Trinajstić information content (AvgIpc) is 2.03. The Kier molecular flexibility index (Phi) is 1.33. The molecule has 3 aliphatic rings. The molecule has 0 aromatic rings. The molecule has 1 heteroatoms. The highest BCUT2D eigenvalue weighted by atomic mass is 16.1. The van der Waals surface area contributed by atoms with Crippen molar-refractivity contribution in [3.05, 3.63) is 0 Å². The van der Waals surface area contributed by atoms with E-state index in [1.165, 1.54) is 25.5 Å². The van der Waals surface area contributed by atoms with Gasteiger partial charge in [-0.15, -0.1) is 0 Å². The van der Waals surface area contributed by atoms with Gasteiger partial charge in [0.25, 0.3) is 0 Å². The van der Waals surface area contributed by atoms with Gasteiger partial charge in [-0.25, -0.2) is 0 Å². The molecule has 0 aliphatic heterocycles. The number of carbonyl (C=O) groups is 1. The highest BCUT2D eigenvalue weighted by Gasteiger charge is 2.45. The van der Waals surface area contributed by atoms with Gasteiger partial charge >= 0.3 is 0 Å². The topological polar surface area (TPSA) is 17.1 Å². The van der Waals surface area contributed by atoms with Crippen LogP contribution in [0.3, 0.4) is 0 Å². The molecule has 0 heterocycles. The smallest absolute Gasteiger partial charge is 0.123 e. The Bertz CT molecular complexity index is 151. The molecular weight excluding hydrogens is 124 g/mol. The lowest BCUT2D eigenvalue weighted by Crippen LogP contribution is -2.44. The molecule has 56 valence electrons. The fraction of sp³-hybridized carbons (Fsp3) is 0.889. The Balaban J connectivity index is 2.06. The summed E-state index contributed by atoms with van der Waals surface area (Å²) in [6, 6.07) is 0. The lowest BCUT2D eigenvalue weighted by Gasteiger charge is -2.50. The SMILES string of the molecule is CC1[C@@H]2CCC(C=O)[C@H]1C2. The van der Waals surface area contributed by atoms with Gasteiger partial charge in [0.05, 0.1) is 0 Å². The first-order valence-electron chi connectivity index (χ1n) is 4.28. The van der Waals surface area contributed by atoms with E-state index in [-0.39, 0.29) is 0 Å². The quantitative estimate of drug-likeness (QED) is 0.505. The second-order valence-electron chi connectivity index (χ2n) is 3.90. The molecule has 0 spiro atoms. The van der Waals surface area contributed by atoms with Crippen molar-refractivity contribution in [2.45, 2.75) is 26.2 Å². The molecule has 10 heavy (non-hydrogen) atoms. The summed E-state index contributed by atoms with van der Waals surface area (Å²) in [7, 11) is 0. The van der Waals surface area contributed by atoms with Gasteiger partial charge in [0.1, 0.15) is 6.29 Å². The van der Waals surface area contributed by atoms with Crippen LogP contribution in [-0.2, 0) is 4.79 Å². The van der Waals surface area contributed by atoms with Crippen molar-refractivity contribution in [1.82, 2.24) is 0 Å². The van der Waals surface area contributed by atoms with E-state index in [1.54, 1.807) is 0 Å². The van der Waals surface area contributed by atoms with E-state index in [0.717, 1.165) is 17.8 Å². The van der Waals surface area contributed by atoms with E-state index in [9.17, 15) is 4.79 Å². The maximum Gasteiger partial charge on any atom is 0.123 e. The minimum absolute atomic E-state index is 0.417. The number of hydrogen-bond donors (Lipinski definition) is 0. The van der Waals surface area contributed by atoms with Crippen LogP contribution in [0.4, 0.5) is 0 Å². The third-order valence-electron chi connectivity index (χ3n) is 3.59. The first kappa shape index (κ1) is 6.38. The van der Waals surface area contributed by atoms with Crippen LogP contribution < -0.4 is 0 Å². The molecule has 0 amide bonds. The van der Waals surface area contributed by atoms with E-state index in [1.807, 2.05) is 0 Å². The zero-order valence-corrected chi connectivity index (χ0v) is 6.42. The molecule has 0 saturated heterocycles. The molecule has 0 aromatic heterocycles. The lowest BCUT2D eigenvalue weighted by atomic mass is 9.54. The minimum atomic E-state index is 0.417. The van der Waals surface area contributed by atoms with Gasteiger partial charge in [-0.1, -0.05) is 6.92 Å². The van der Waals surface area contributed by atoms with Crippen LogP contribution in [-0.4, -0.2) is 6.29 Å². The minimum Gasteiger partial charge on any atom is -0.303 e. The summed E-state index contributed by atoms with van der Waals surface area (Å²) < 4.78 is 0. The molecule has 0 N–H and O–H groups in total. The van der Waals surface area contributed by atoms with Gasteiger partial charge in [0, 0.05) is 5.92 Å². The van der Waals surface area contributed by atoms with E-state index in [0.29, 0.717) is 5.92 Å². The molecule has 0 aromatic carbocycles. The van der Waals surface area contributed by atoms with Crippen LogP contribution in [0.15, 0.2) is 0 Å². The molecule has 3 rings (SSSR count). The summed E-state index contributed by atoms with van der Waals surface area (Å²) in [5.41, 5.74) is 0. The van der Waals surface area contributed by atoms with Crippen molar-refractivity contribution in [1.29, 1.82) is 0 Å². The Labute approximate surface area is 61.8 Å². The summed E-state index contributed by atoms with van der Waals surface area (Å²) >= 11 is 0. The maximum atomic E-state index is 10.5. The molecular formula is C9H14O. The number of fused-ring (bicyclic) bond motifs is 2. The van der Waals surface area contributed by atoms with Crippen LogP contribution in [0.1, 0.15) is 26.2 Å². The monoisotopic (exact) mass is 138 g/mol. The normalized spacial score (nSPS) is 51.7. The fourth-order valence-electron chi connectivity index (χ4n) is 2.67. The average molecular weight is 138 g/mol. The van der Waals surface area contributed by atoms with E-state index in [2.05, 4.69) is 6.92 Å². The van der Waals surface area contributed by atoms with E-state index < -0.39 is 0 Å². The van der Waals surface area contributed by atoms with Crippen LogP contribution in [0.5, 0.6) is 0 Å². The zero-order chi connectivity index (χ0) is 7.14. The molecule has 2 unspecified atom stereocenters. The summed E-state index contributed by atoms with van der Waals surface area (Å²) in [6.07, 6.45) is 4.99. The maximum absolute atomic E-state index is 10.5. The third-order valence-corrected chi connectivity index (χ3v) is 3.59. The van der Waals surface area contributed by atoms with Gasteiger partial charge in [0.2, 0.25) is 0 Å². The number of carbonyl (C=O) groups excluding carboxylic acids is 1. The van der Waals surface area contributed by atoms with Crippen molar-refractivity contribution < 1.29 is 4.79 Å². The van der Waals surface area contributed by atoms with Gasteiger partial charge < -0.3 is 4.79 Å². The Morgan fingerprint density at radius 1 is 1.40 bits per heavy atom. The first-order valence-corrected chi connectivity index (χ1v) is 4.28. The number of rotatable bonds is 1. The van der Waals surface area contributed by atoms with Crippen LogP contribution in [0, 0.1) is 23.7 Å². The summed E-state index contributed by atoms with van der Waals surface area (Å²) in [5.74, 6) is 3.00. The van der Waals surface area contributed by atoms with Gasteiger partial charge in [0.15, 0.2) is 0 Å². The second kappa shape index (κ2) is 2.08. The molecule has 3 aliphatic carbocycles. The lowest BCUT2D eigenvalue weighted by molar-refractivity contribution is -0.121. The molecule has 3 fully saturated rings. The number of hydrogen-bond acceptors (Lipinski definition) is 1. The van der Waals surface area contributed by atoms with Crippen LogP contribution in [0.25, 0.3) is 0 Å². The Morgan fingerprint density at radius 3 is 2.60 bits per heavy atom. The Morgan fingerprint density at radius 2 is 2.20 bits per heavy atom. The number of aldehydes is 1. The second-order valence-corrected chi connectivity index (χ2v) is 3.90. The van der Waals surface area contributed by atoms with Gasteiger partial charge in [-0.05, 0) is 37.0 Å². The standard InChI is InChI=1S/C9H14O/c1-6-7-2-3-8(5-10)9(6)4-7/h5-9H,2-4H2,1H3/t6?,7-,8?,9+/m1/s1. The molecule has 4 atom stereocenters. The van der Waals surface area contributed by atoms with Crippen LogP contribution >= 0.6 is 0 Å². The van der Waals surface area contributed by atoms with E-state index in [4.69, 9.17) is 0 Å².